The Kier molecular flexibility index (Phi) is 4.45. The highest BCUT2D eigenvalue weighted by Crippen LogP contribution is 2.33. The van der Waals surface area contributed by atoms with Gasteiger partial charge in [0.15, 0.2) is 0 Å². The molecule has 0 saturated heterocycles. The predicted octanol–water partition coefficient (Wildman–Crippen LogP) is 1.57. The summed E-state index contributed by atoms with van der Waals surface area (Å²) in [6.45, 7) is 2.62. The van der Waals surface area contributed by atoms with Crippen molar-refractivity contribution in [2.24, 2.45) is 5.73 Å². The van der Waals surface area contributed by atoms with Crippen LogP contribution >= 0.6 is 0 Å². The van der Waals surface area contributed by atoms with Gasteiger partial charge in [0.2, 0.25) is 5.91 Å². The van der Waals surface area contributed by atoms with Crippen LogP contribution in [-0.2, 0) is 14.6 Å². The fraction of sp³-hybridized carbons (Fsp3) is 0.364. The van der Waals surface area contributed by atoms with E-state index < -0.39 is 32.2 Å². The quantitative estimate of drug-likeness (QED) is 0.887. The summed E-state index contributed by atoms with van der Waals surface area (Å²) < 4.78 is 60.3. The first-order valence-corrected chi connectivity index (χ1v) is 6.93. The monoisotopic (exact) mass is 310 g/mol. The van der Waals surface area contributed by atoms with E-state index in [1.807, 2.05) is 0 Å². The lowest BCUT2D eigenvalue weighted by atomic mass is 10.2. The van der Waals surface area contributed by atoms with E-state index in [-0.39, 0.29) is 11.3 Å². The Labute approximate surface area is 113 Å². The smallest absolute Gasteiger partial charge is 0.325 e. The fourth-order valence-electron chi connectivity index (χ4n) is 1.35. The van der Waals surface area contributed by atoms with Gasteiger partial charge in [-0.1, -0.05) is 6.07 Å². The minimum atomic E-state index is -5.47. The van der Waals surface area contributed by atoms with Crippen LogP contribution in [0.3, 0.4) is 0 Å². The van der Waals surface area contributed by atoms with E-state index in [2.05, 4.69) is 5.32 Å². The number of rotatable bonds is 3. The van der Waals surface area contributed by atoms with Crippen LogP contribution in [0.2, 0.25) is 0 Å². The van der Waals surface area contributed by atoms with E-state index in [4.69, 9.17) is 5.73 Å². The van der Waals surface area contributed by atoms with Crippen LogP contribution < -0.4 is 11.1 Å². The number of sulfone groups is 1. The van der Waals surface area contributed by atoms with Gasteiger partial charge in [-0.05, 0) is 31.5 Å². The van der Waals surface area contributed by atoms with Crippen molar-refractivity contribution in [2.45, 2.75) is 30.3 Å². The van der Waals surface area contributed by atoms with Crippen LogP contribution in [0.25, 0.3) is 0 Å². The maximum Gasteiger partial charge on any atom is 0.501 e. The van der Waals surface area contributed by atoms with Crippen LogP contribution in [0.15, 0.2) is 23.1 Å². The molecule has 0 saturated carbocycles. The van der Waals surface area contributed by atoms with Gasteiger partial charge in [-0.15, -0.1) is 0 Å². The van der Waals surface area contributed by atoms with Gasteiger partial charge < -0.3 is 11.1 Å². The summed E-state index contributed by atoms with van der Waals surface area (Å²) in [5.41, 5.74) is -0.242. The molecule has 0 aliphatic rings. The lowest BCUT2D eigenvalue weighted by Gasteiger charge is -2.13. The largest absolute Gasteiger partial charge is 0.501 e. The van der Waals surface area contributed by atoms with E-state index in [0.717, 1.165) is 6.07 Å². The van der Waals surface area contributed by atoms with Gasteiger partial charge >= 0.3 is 5.51 Å². The number of hydrogen-bond donors (Lipinski definition) is 2. The molecule has 3 N–H and O–H groups in total. The van der Waals surface area contributed by atoms with Gasteiger partial charge in [0.25, 0.3) is 9.84 Å². The van der Waals surface area contributed by atoms with Crippen LogP contribution in [0.1, 0.15) is 12.5 Å². The highest BCUT2D eigenvalue weighted by Gasteiger charge is 2.47. The SMILES string of the molecule is Cc1ccc(NC(=O)C(C)N)cc1S(=O)(=O)C(F)(F)F. The molecule has 0 aliphatic carbocycles. The molecular weight excluding hydrogens is 297 g/mol. The van der Waals surface area contributed by atoms with Crippen LogP contribution in [0, 0.1) is 6.92 Å². The molecule has 9 heteroatoms. The van der Waals surface area contributed by atoms with E-state index in [9.17, 15) is 26.4 Å². The number of benzene rings is 1. The van der Waals surface area contributed by atoms with Crippen molar-refractivity contribution < 1.29 is 26.4 Å². The lowest BCUT2D eigenvalue weighted by Crippen LogP contribution is -2.32. The summed E-state index contributed by atoms with van der Waals surface area (Å²) >= 11 is 0. The molecule has 1 aromatic carbocycles. The third kappa shape index (κ3) is 3.28. The zero-order valence-corrected chi connectivity index (χ0v) is 11.5. The molecule has 5 nitrogen and oxygen atoms in total. The summed E-state index contributed by atoms with van der Waals surface area (Å²) in [4.78, 5) is 10.5. The molecule has 1 amide bonds. The number of alkyl halides is 3. The zero-order valence-electron chi connectivity index (χ0n) is 10.7. The topological polar surface area (TPSA) is 89.3 Å². The number of nitrogens with two attached hydrogens (primary N) is 1. The second kappa shape index (κ2) is 5.41. The molecule has 0 aromatic heterocycles. The predicted molar refractivity (Wildman–Crippen MR) is 66.7 cm³/mol. The molecule has 1 aromatic rings. The first-order chi connectivity index (χ1) is 8.96. The summed E-state index contributed by atoms with van der Waals surface area (Å²) in [5, 5.41) is 2.24. The second-order valence-corrected chi connectivity index (χ2v) is 6.12. The van der Waals surface area contributed by atoms with Gasteiger partial charge in [0.1, 0.15) is 0 Å². The van der Waals surface area contributed by atoms with Gasteiger partial charge in [0.05, 0.1) is 10.9 Å². The molecule has 0 bridgehead atoms. The first kappa shape index (κ1) is 16.4. The van der Waals surface area contributed by atoms with Crippen molar-refractivity contribution in [3.63, 3.8) is 0 Å². The fourth-order valence-corrected chi connectivity index (χ4v) is 2.37. The van der Waals surface area contributed by atoms with E-state index in [1.54, 1.807) is 0 Å². The average Bonchev–Trinajstić information content (AvgIpc) is 2.29. The number of amides is 1. The van der Waals surface area contributed by atoms with E-state index in [1.165, 1.54) is 26.0 Å². The van der Waals surface area contributed by atoms with Crippen molar-refractivity contribution in [1.82, 2.24) is 0 Å². The third-order valence-electron chi connectivity index (χ3n) is 2.46. The number of nitrogens with one attached hydrogen (secondary N) is 1. The maximum atomic E-state index is 12.5. The van der Waals surface area contributed by atoms with Gasteiger partial charge in [-0.3, -0.25) is 4.79 Å². The normalized spacial score (nSPS) is 13.9. The zero-order chi connectivity index (χ0) is 15.7. The first-order valence-electron chi connectivity index (χ1n) is 5.45. The van der Waals surface area contributed by atoms with Crippen molar-refractivity contribution in [2.75, 3.05) is 5.32 Å². The standard InChI is InChI=1S/C11H13F3N2O3S/c1-6-3-4-8(16-10(17)7(2)15)5-9(6)20(18,19)11(12,13)14/h3-5,7H,15H2,1-2H3,(H,16,17). The van der Waals surface area contributed by atoms with Crippen molar-refractivity contribution in [3.05, 3.63) is 23.8 Å². The molecular formula is C11H13F3N2O3S. The number of aryl methyl sites for hydroxylation is 1. The Morgan fingerprint density at radius 3 is 2.35 bits per heavy atom. The van der Waals surface area contributed by atoms with Crippen molar-refractivity contribution in [1.29, 1.82) is 0 Å². The number of anilines is 1. The Morgan fingerprint density at radius 1 is 1.35 bits per heavy atom. The Morgan fingerprint density at radius 2 is 1.90 bits per heavy atom. The third-order valence-corrected chi connectivity index (χ3v) is 4.09. The molecule has 20 heavy (non-hydrogen) atoms. The van der Waals surface area contributed by atoms with Gasteiger partial charge in [0, 0.05) is 5.69 Å². The van der Waals surface area contributed by atoms with Crippen LogP contribution in [0.4, 0.5) is 18.9 Å². The maximum absolute atomic E-state index is 12.5. The van der Waals surface area contributed by atoms with Crippen molar-refractivity contribution >= 4 is 21.4 Å². The summed E-state index contributed by atoms with van der Waals surface area (Å²) in [6, 6.07) is 2.36. The Bertz CT molecular complexity index is 624. The highest BCUT2D eigenvalue weighted by molar-refractivity contribution is 7.92. The Hall–Kier alpha value is -1.61. The lowest BCUT2D eigenvalue weighted by molar-refractivity contribution is -0.117. The summed E-state index contributed by atoms with van der Waals surface area (Å²) in [7, 11) is -5.47. The number of halogens is 3. The second-order valence-electron chi connectivity index (χ2n) is 4.21. The molecule has 112 valence electrons. The molecule has 1 rings (SSSR count). The Balaban J connectivity index is 3.27. The number of hydrogen-bond acceptors (Lipinski definition) is 4. The molecule has 0 aliphatic heterocycles. The average molecular weight is 310 g/mol. The molecule has 0 fully saturated rings. The molecule has 0 radical (unpaired) electrons. The highest BCUT2D eigenvalue weighted by atomic mass is 32.2. The molecule has 1 unspecified atom stereocenters. The van der Waals surface area contributed by atoms with Gasteiger partial charge in [-0.2, -0.15) is 13.2 Å². The minimum absolute atomic E-state index is 0.0684. The summed E-state index contributed by atoms with van der Waals surface area (Å²) in [5.74, 6) is -0.635. The van der Waals surface area contributed by atoms with E-state index >= 15 is 0 Å². The number of carbonyl (C=O) groups excluding carboxylic acids is 1. The summed E-state index contributed by atoms with van der Waals surface area (Å²) in [6.07, 6.45) is 0. The van der Waals surface area contributed by atoms with Crippen LogP contribution in [-0.4, -0.2) is 25.9 Å². The van der Waals surface area contributed by atoms with Crippen LogP contribution in [0.5, 0.6) is 0 Å². The molecule has 1 atom stereocenters. The number of carbonyl (C=O) groups is 1. The minimum Gasteiger partial charge on any atom is -0.325 e. The van der Waals surface area contributed by atoms with Crippen molar-refractivity contribution in [3.8, 4) is 0 Å². The molecule has 0 spiro atoms. The van der Waals surface area contributed by atoms with Gasteiger partial charge in [-0.25, -0.2) is 8.42 Å². The van der Waals surface area contributed by atoms with E-state index in [0.29, 0.717) is 0 Å². The molecule has 0 heterocycles.